The van der Waals surface area contributed by atoms with E-state index in [0.717, 1.165) is 34.2 Å². The van der Waals surface area contributed by atoms with Gasteiger partial charge >= 0.3 is 0 Å². The van der Waals surface area contributed by atoms with Crippen LogP contribution in [0, 0.1) is 0 Å². The van der Waals surface area contributed by atoms with E-state index < -0.39 is 6.29 Å². The first kappa shape index (κ1) is 21.4. The Morgan fingerprint density at radius 3 is 2.85 bits per heavy atom. The maximum absolute atomic E-state index is 13.3. The molecule has 33 heavy (non-hydrogen) atoms. The molecule has 5 rings (SSSR count). The lowest BCUT2D eigenvalue weighted by molar-refractivity contribution is -0.125. The molecule has 0 saturated carbocycles. The second-order valence-corrected chi connectivity index (χ2v) is 9.09. The van der Waals surface area contributed by atoms with Crippen LogP contribution in [0.3, 0.4) is 0 Å². The zero-order valence-corrected chi connectivity index (χ0v) is 19.1. The number of carbonyl (C=O) groups is 2. The van der Waals surface area contributed by atoms with Gasteiger partial charge in [0, 0.05) is 24.1 Å². The molecule has 168 valence electrons. The number of nitrogens with one attached hydrogen (secondary N) is 3. The first-order valence-electron chi connectivity index (χ1n) is 11.1. The summed E-state index contributed by atoms with van der Waals surface area (Å²) in [6, 6.07) is 19.4. The SMILES string of the molecule is CCCC1CC(=O)NC(n2nc(-c3cccs3)cc2NC(=O)c2cccc3ccccc23)N1. The van der Waals surface area contributed by atoms with Crippen LogP contribution in [-0.4, -0.2) is 27.6 Å². The normalized spacial score (nSPS) is 18.3. The van der Waals surface area contributed by atoms with E-state index >= 15 is 0 Å². The van der Waals surface area contributed by atoms with E-state index in [-0.39, 0.29) is 17.9 Å². The van der Waals surface area contributed by atoms with E-state index in [9.17, 15) is 9.59 Å². The van der Waals surface area contributed by atoms with Gasteiger partial charge in [0.05, 0.1) is 4.88 Å². The molecule has 0 aliphatic carbocycles. The molecule has 1 aliphatic heterocycles. The van der Waals surface area contributed by atoms with Crippen LogP contribution < -0.4 is 16.0 Å². The Kier molecular flexibility index (Phi) is 5.93. The van der Waals surface area contributed by atoms with Gasteiger partial charge in [-0.1, -0.05) is 55.8 Å². The van der Waals surface area contributed by atoms with Crippen molar-refractivity contribution < 1.29 is 9.59 Å². The second-order valence-electron chi connectivity index (χ2n) is 8.14. The lowest BCUT2D eigenvalue weighted by Crippen LogP contribution is -2.53. The minimum absolute atomic E-state index is 0.0308. The van der Waals surface area contributed by atoms with Crippen LogP contribution in [0.15, 0.2) is 66.0 Å². The van der Waals surface area contributed by atoms with Gasteiger partial charge in [0.1, 0.15) is 11.5 Å². The Morgan fingerprint density at radius 1 is 1.18 bits per heavy atom. The van der Waals surface area contributed by atoms with E-state index in [2.05, 4.69) is 22.9 Å². The van der Waals surface area contributed by atoms with Crippen LogP contribution in [0.25, 0.3) is 21.3 Å². The van der Waals surface area contributed by atoms with Crippen molar-refractivity contribution in [2.24, 2.45) is 0 Å². The first-order chi connectivity index (χ1) is 16.1. The second kappa shape index (κ2) is 9.17. The summed E-state index contributed by atoms with van der Waals surface area (Å²) >= 11 is 1.57. The summed E-state index contributed by atoms with van der Waals surface area (Å²) in [6.45, 7) is 2.10. The number of thiophene rings is 1. The number of anilines is 1. The molecule has 3 N–H and O–H groups in total. The van der Waals surface area contributed by atoms with Gasteiger partial charge in [-0.25, -0.2) is 4.68 Å². The maximum atomic E-state index is 13.3. The molecule has 2 atom stereocenters. The summed E-state index contributed by atoms with van der Waals surface area (Å²) in [6.07, 6.45) is 1.75. The van der Waals surface area contributed by atoms with Crippen LogP contribution in [0.5, 0.6) is 0 Å². The van der Waals surface area contributed by atoms with Gasteiger partial charge in [0.25, 0.3) is 5.91 Å². The van der Waals surface area contributed by atoms with E-state index in [0.29, 0.717) is 17.8 Å². The predicted molar refractivity (Wildman–Crippen MR) is 131 cm³/mol. The molecule has 0 bridgehead atoms. The van der Waals surface area contributed by atoms with Gasteiger partial charge in [0.15, 0.2) is 6.29 Å². The van der Waals surface area contributed by atoms with Crippen LogP contribution in [0.4, 0.5) is 5.82 Å². The number of hydrogen-bond donors (Lipinski definition) is 3. The lowest BCUT2D eigenvalue weighted by Gasteiger charge is -2.32. The monoisotopic (exact) mass is 459 g/mol. The molecular weight excluding hydrogens is 434 g/mol. The van der Waals surface area contributed by atoms with E-state index in [1.54, 1.807) is 16.0 Å². The van der Waals surface area contributed by atoms with Crippen molar-refractivity contribution in [1.82, 2.24) is 20.4 Å². The predicted octanol–water partition coefficient (Wildman–Crippen LogP) is 4.75. The Hall–Kier alpha value is -3.49. The number of aromatic nitrogens is 2. The minimum atomic E-state index is -0.542. The molecule has 1 saturated heterocycles. The van der Waals surface area contributed by atoms with Crippen molar-refractivity contribution >= 4 is 39.7 Å². The van der Waals surface area contributed by atoms with Crippen molar-refractivity contribution in [1.29, 1.82) is 0 Å². The van der Waals surface area contributed by atoms with E-state index in [1.165, 1.54) is 0 Å². The molecule has 7 nitrogen and oxygen atoms in total. The fraction of sp³-hybridized carbons (Fsp3) is 0.240. The summed E-state index contributed by atoms with van der Waals surface area (Å²) in [4.78, 5) is 26.7. The lowest BCUT2D eigenvalue weighted by atomic mass is 10.0. The molecular formula is C25H25N5O2S. The molecule has 3 heterocycles. The van der Waals surface area contributed by atoms with Crippen molar-refractivity contribution in [2.45, 2.75) is 38.5 Å². The van der Waals surface area contributed by atoms with Crippen LogP contribution in [0.1, 0.15) is 42.8 Å². The minimum Gasteiger partial charge on any atom is -0.322 e. The van der Waals surface area contributed by atoms with Crippen molar-refractivity contribution in [2.75, 3.05) is 5.32 Å². The third-order valence-electron chi connectivity index (χ3n) is 5.79. The summed E-state index contributed by atoms with van der Waals surface area (Å²) in [5.74, 6) is 0.265. The highest BCUT2D eigenvalue weighted by Gasteiger charge is 2.29. The third kappa shape index (κ3) is 4.40. The molecule has 0 radical (unpaired) electrons. The average molecular weight is 460 g/mol. The van der Waals surface area contributed by atoms with Crippen LogP contribution in [0.2, 0.25) is 0 Å². The van der Waals surface area contributed by atoms with Gasteiger partial charge < -0.3 is 10.6 Å². The molecule has 4 aromatic rings. The standard InChI is InChI=1S/C25H25N5O2S/c1-2-7-17-14-23(31)28-25(26-17)30-22(15-20(29-30)21-12-6-13-33-21)27-24(32)19-11-5-9-16-8-3-4-10-18(16)19/h3-6,8-13,15,17,25-26H,2,7,14H2,1H3,(H,27,32)(H,28,31). The molecule has 2 aromatic carbocycles. The molecule has 1 aliphatic rings. The van der Waals surface area contributed by atoms with Gasteiger partial charge in [0.2, 0.25) is 5.91 Å². The quantitative estimate of drug-likeness (QED) is 0.388. The summed E-state index contributed by atoms with van der Waals surface area (Å²) in [5.41, 5.74) is 1.33. The maximum Gasteiger partial charge on any atom is 0.257 e. The van der Waals surface area contributed by atoms with Gasteiger partial charge in [-0.3, -0.25) is 14.9 Å². The fourth-order valence-electron chi connectivity index (χ4n) is 4.26. The topological polar surface area (TPSA) is 88.1 Å². The van der Waals surface area contributed by atoms with Crippen LogP contribution >= 0.6 is 11.3 Å². The number of hydrogen-bond acceptors (Lipinski definition) is 5. The molecule has 2 amide bonds. The molecule has 0 spiro atoms. The number of rotatable bonds is 6. The van der Waals surface area contributed by atoms with Crippen LogP contribution in [-0.2, 0) is 4.79 Å². The molecule has 2 unspecified atom stereocenters. The highest BCUT2D eigenvalue weighted by Crippen LogP contribution is 2.29. The zero-order chi connectivity index (χ0) is 22.8. The third-order valence-corrected chi connectivity index (χ3v) is 6.68. The highest BCUT2D eigenvalue weighted by atomic mass is 32.1. The Bertz CT molecular complexity index is 1290. The van der Waals surface area contributed by atoms with E-state index in [4.69, 9.17) is 5.10 Å². The summed E-state index contributed by atoms with van der Waals surface area (Å²) in [7, 11) is 0. The fourth-order valence-corrected chi connectivity index (χ4v) is 4.94. The molecule has 1 fully saturated rings. The van der Waals surface area contributed by atoms with Crippen molar-refractivity contribution in [3.63, 3.8) is 0 Å². The molecule has 2 aromatic heterocycles. The Morgan fingerprint density at radius 2 is 2.03 bits per heavy atom. The van der Waals surface area contributed by atoms with Crippen molar-refractivity contribution in [3.8, 4) is 10.6 Å². The number of carbonyl (C=O) groups excluding carboxylic acids is 2. The van der Waals surface area contributed by atoms with E-state index in [1.807, 2.05) is 66.0 Å². The zero-order valence-electron chi connectivity index (χ0n) is 18.2. The summed E-state index contributed by atoms with van der Waals surface area (Å²) in [5, 5.41) is 18.1. The number of fused-ring (bicyclic) bond motifs is 1. The number of nitrogens with zero attached hydrogens (tertiary/aromatic N) is 2. The van der Waals surface area contributed by atoms with Gasteiger partial charge in [-0.05, 0) is 34.7 Å². The van der Waals surface area contributed by atoms with Gasteiger partial charge in [-0.2, -0.15) is 5.10 Å². The Balaban J connectivity index is 1.51. The average Bonchev–Trinajstić information content (AvgIpc) is 3.49. The number of amides is 2. The summed E-state index contributed by atoms with van der Waals surface area (Å²) < 4.78 is 1.66. The smallest absolute Gasteiger partial charge is 0.257 e. The molecule has 8 heteroatoms. The first-order valence-corrected chi connectivity index (χ1v) is 12.0. The van der Waals surface area contributed by atoms with Crippen molar-refractivity contribution in [3.05, 3.63) is 71.6 Å². The largest absolute Gasteiger partial charge is 0.322 e. The number of benzene rings is 2. The Labute approximate surface area is 195 Å². The highest BCUT2D eigenvalue weighted by molar-refractivity contribution is 7.13. The van der Waals surface area contributed by atoms with Gasteiger partial charge in [-0.15, -0.1) is 11.3 Å².